The average Bonchev–Trinajstić information content (AvgIpc) is 2.59. The molecule has 1 heterocycles. The Balaban J connectivity index is 1.80. The first-order valence-electron chi connectivity index (χ1n) is 4.84. The highest BCUT2D eigenvalue weighted by Gasteiger charge is 2.42. The van der Waals surface area contributed by atoms with Gasteiger partial charge in [0.25, 0.3) is 0 Å². The molecule has 1 saturated carbocycles. The van der Waals surface area contributed by atoms with Gasteiger partial charge in [0, 0.05) is 18.3 Å². The van der Waals surface area contributed by atoms with Gasteiger partial charge in [0.15, 0.2) is 0 Å². The molecule has 0 aromatic rings. The quantitative estimate of drug-likeness (QED) is 0.611. The molecule has 0 aromatic heterocycles. The van der Waals surface area contributed by atoms with Crippen molar-refractivity contribution >= 4 is 12.4 Å². The van der Waals surface area contributed by atoms with E-state index in [2.05, 4.69) is 24.1 Å². The van der Waals surface area contributed by atoms with Gasteiger partial charge in [-0.25, -0.2) is 0 Å². The van der Waals surface area contributed by atoms with Gasteiger partial charge in [-0.05, 0) is 30.6 Å². The number of rotatable bonds is 3. The molecule has 0 radical (unpaired) electrons. The zero-order valence-electron chi connectivity index (χ0n) is 7.77. The summed E-state index contributed by atoms with van der Waals surface area (Å²) in [6.07, 6.45) is 6.75. The maximum atomic E-state index is 3.88. The molecule has 2 heteroatoms. The lowest BCUT2D eigenvalue weighted by molar-refractivity contribution is 0.507. The van der Waals surface area contributed by atoms with Crippen molar-refractivity contribution in [3.8, 4) is 0 Å². The molecule has 1 fully saturated rings. The van der Waals surface area contributed by atoms with Crippen LogP contribution in [0.25, 0.3) is 0 Å². The summed E-state index contributed by atoms with van der Waals surface area (Å²) in [4.78, 5) is 0. The Labute approximate surface area is 73.8 Å². The van der Waals surface area contributed by atoms with E-state index < -0.39 is 0 Å². The second-order valence-electron chi connectivity index (χ2n) is 4.40. The molecule has 12 heavy (non-hydrogen) atoms. The van der Waals surface area contributed by atoms with E-state index in [9.17, 15) is 0 Å². The predicted octanol–water partition coefficient (Wildman–Crippen LogP) is 2.36. The van der Waals surface area contributed by atoms with Crippen LogP contribution in [-0.4, -0.2) is 12.4 Å². The topological polar surface area (TPSA) is 24.7 Å². The summed E-state index contributed by atoms with van der Waals surface area (Å²) in [6, 6.07) is 0. The van der Waals surface area contributed by atoms with Crippen LogP contribution in [0.4, 0.5) is 0 Å². The van der Waals surface area contributed by atoms with E-state index in [0.717, 1.165) is 17.8 Å². The third kappa shape index (κ3) is 1.57. The second-order valence-corrected chi connectivity index (χ2v) is 4.40. The van der Waals surface area contributed by atoms with Gasteiger partial charge in [0.2, 0.25) is 0 Å². The molecule has 2 nitrogen and oxygen atoms in total. The first-order valence-corrected chi connectivity index (χ1v) is 4.84. The van der Waals surface area contributed by atoms with Crippen molar-refractivity contribution in [2.45, 2.75) is 26.7 Å². The highest BCUT2D eigenvalue weighted by atomic mass is 15.2. The highest BCUT2D eigenvalue weighted by molar-refractivity contribution is 5.87. The van der Waals surface area contributed by atoms with E-state index in [4.69, 9.17) is 0 Å². The summed E-state index contributed by atoms with van der Waals surface area (Å²) in [5.41, 5.74) is 0. The van der Waals surface area contributed by atoms with Crippen LogP contribution in [0.1, 0.15) is 26.7 Å². The molecule has 2 rings (SSSR count). The van der Waals surface area contributed by atoms with Crippen LogP contribution in [0.5, 0.6) is 0 Å². The molecule has 66 valence electrons. The van der Waals surface area contributed by atoms with Gasteiger partial charge in [0.05, 0.1) is 0 Å². The zero-order valence-corrected chi connectivity index (χ0v) is 7.77. The van der Waals surface area contributed by atoms with E-state index in [1.165, 1.54) is 12.8 Å². The van der Waals surface area contributed by atoms with E-state index in [1.54, 1.807) is 0 Å². The molecule has 0 amide bonds. The second kappa shape index (κ2) is 3.00. The Morgan fingerprint density at radius 2 is 2.00 bits per heavy atom. The zero-order chi connectivity index (χ0) is 8.55. The van der Waals surface area contributed by atoms with E-state index in [0.29, 0.717) is 5.92 Å². The molecular weight excluding hydrogens is 148 g/mol. The molecule has 1 aliphatic carbocycles. The molecule has 0 bridgehead atoms. The van der Waals surface area contributed by atoms with Crippen LogP contribution in [0, 0.1) is 23.7 Å². The van der Waals surface area contributed by atoms with Gasteiger partial charge in [-0.1, -0.05) is 13.8 Å². The molecule has 2 atom stereocenters. The van der Waals surface area contributed by atoms with Crippen LogP contribution in [0.2, 0.25) is 0 Å². The highest BCUT2D eigenvalue weighted by Crippen LogP contribution is 2.47. The molecule has 0 saturated heterocycles. The maximum absolute atomic E-state index is 3.88. The Morgan fingerprint density at radius 3 is 2.58 bits per heavy atom. The van der Waals surface area contributed by atoms with E-state index >= 15 is 0 Å². The Bertz CT molecular complexity index is 206. The SMILES string of the molecule is CC(C)C[C@H]1C[C@@H]1C1C=NN=C1. The van der Waals surface area contributed by atoms with Crippen molar-refractivity contribution in [2.75, 3.05) is 0 Å². The standard InChI is InChI=1S/C10H16N2/c1-7(2)3-8-4-10(8)9-5-11-12-6-9/h5-10H,3-4H2,1-2H3/t8-,10-/m0/s1. The fourth-order valence-electron chi connectivity index (χ4n) is 2.11. The van der Waals surface area contributed by atoms with Crippen molar-refractivity contribution in [1.82, 2.24) is 0 Å². The molecule has 0 unspecified atom stereocenters. The molecule has 0 N–H and O–H groups in total. The molecular formula is C10H16N2. The maximum Gasteiger partial charge on any atom is 0.0365 e. The molecule has 0 spiro atoms. The number of hydrogen-bond donors (Lipinski definition) is 0. The van der Waals surface area contributed by atoms with Gasteiger partial charge < -0.3 is 0 Å². The molecule has 1 aliphatic heterocycles. The monoisotopic (exact) mass is 164 g/mol. The summed E-state index contributed by atoms with van der Waals surface area (Å²) in [6.45, 7) is 4.60. The van der Waals surface area contributed by atoms with Gasteiger partial charge >= 0.3 is 0 Å². The van der Waals surface area contributed by atoms with Crippen molar-refractivity contribution < 1.29 is 0 Å². The van der Waals surface area contributed by atoms with Crippen molar-refractivity contribution in [3.63, 3.8) is 0 Å². The Hall–Kier alpha value is -0.660. The fraction of sp³-hybridized carbons (Fsp3) is 0.800. The Morgan fingerprint density at radius 1 is 1.33 bits per heavy atom. The van der Waals surface area contributed by atoms with Crippen molar-refractivity contribution in [2.24, 2.45) is 33.9 Å². The summed E-state index contributed by atoms with van der Waals surface area (Å²) < 4.78 is 0. The van der Waals surface area contributed by atoms with Gasteiger partial charge in [-0.2, -0.15) is 10.2 Å². The summed E-state index contributed by atoms with van der Waals surface area (Å²) in [5, 5.41) is 7.77. The smallest absolute Gasteiger partial charge is 0.0365 e. The minimum absolute atomic E-state index is 0.564. The molecule has 2 aliphatic rings. The van der Waals surface area contributed by atoms with Crippen LogP contribution >= 0.6 is 0 Å². The largest absolute Gasteiger partial charge is 0.163 e. The first kappa shape index (κ1) is 7.96. The van der Waals surface area contributed by atoms with Gasteiger partial charge in [0.1, 0.15) is 0 Å². The van der Waals surface area contributed by atoms with Crippen molar-refractivity contribution in [1.29, 1.82) is 0 Å². The number of hydrogen-bond acceptors (Lipinski definition) is 2. The minimum Gasteiger partial charge on any atom is -0.163 e. The van der Waals surface area contributed by atoms with Gasteiger partial charge in [-0.3, -0.25) is 0 Å². The van der Waals surface area contributed by atoms with Crippen LogP contribution in [-0.2, 0) is 0 Å². The Kier molecular flexibility index (Phi) is 1.99. The minimum atomic E-state index is 0.564. The average molecular weight is 164 g/mol. The number of nitrogens with zero attached hydrogens (tertiary/aromatic N) is 2. The summed E-state index contributed by atoms with van der Waals surface area (Å²) >= 11 is 0. The first-order chi connectivity index (χ1) is 5.77. The van der Waals surface area contributed by atoms with Gasteiger partial charge in [-0.15, -0.1) is 0 Å². The third-order valence-corrected chi connectivity index (χ3v) is 2.79. The predicted molar refractivity (Wildman–Crippen MR) is 51.5 cm³/mol. The van der Waals surface area contributed by atoms with Crippen LogP contribution < -0.4 is 0 Å². The fourth-order valence-corrected chi connectivity index (χ4v) is 2.11. The van der Waals surface area contributed by atoms with E-state index in [-0.39, 0.29) is 0 Å². The summed E-state index contributed by atoms with van der Waals surface area (Å²) in [5.74, 6) is 3.22. The van der Waals surface area contributed by atoms with Crippen LogP contribution in [0.15, 0.2) is 10.2 Å². The summed E-state index contributed by atoms with van der Waals surface area (Å²) in [7, 11) is 0. The lowest BCUT2D eigenvalue weighted by Gasteiger charge is -2.04. The van der Waals surface area contributed by atoms with Crippen molar-refractivity contribution in [3.05, 3.63) is 0 Å². The molecule has 0 aromatic carbocycles. The lowest BCUT2D eigenvalue weighted by atomic mass is 10.0. The normalized spacial score (nSPS) is 33.6. The lowest BCUT2D eigenvalue weighted by Crippen LogP contribution is -2.05. The van der Waals surface area contributed by atoms with Crippen LogP contribution in [0.3, 0.4) is 0 Å². The van der Waals surface area contributed by atoms with E-state index in [1.807, 2.05) is 12.4 Å². The third-order valence-electron chi connectivity index (χ3n) is 2.79.